The molecule has 1 amide bonds. The molecule has 1 saturated heterocycles. The fourth-order valence-electron chi connectivity index (χ4n) is 3.31. The Morgan fingerprint density at radius 3 is 2.56 bits per heavy atom. The molecular weight excluding hydrogens is 360 g/mol. The predicted molar refractivity (Wildman–Crippen MR) is 111 cm³/mol. The fourth-order valence-corrected chi connectivity index (χ4v) is 3.49. The van der Waals surface area contributed by atoms with Crippen LogP contribution in [0.1, 0.15) is 38.2 Å². The molecule has 0 unspecified atom stereocenters. The molecule has 5 heteroatoms. The van der Waals surface area contributed by atoms with Crippen LogP contribution in [0.25, 0.3) is 0 Å². The van der Waals surface area contributed by atoms with E-state index in [0.29, 0.717) is 23.7 Å². The van der Waals surface area contributed by atoms with Gasteiger partial charge in [-0.25, -0.2) is 0 Å². The van der Waals surface area contributed by atoms with Crippen LogP contribution in [0, 0.1) is 0 Å². The van der Waals surface area contributed by atoms with Gasteiger partial charge in [0, 0.05) is 30.3 Å². The number of hydrogen-bond donors (Lipinski definition) is 1. The third-order valence-corrected chi connectivity index (χ3v) is 5.10. The lowest BCUT2D eigenvalue weighted by atomic mass is 10.1. The van der Waals surface area contributed by atoms with Crippen LogP contribution < -0.4 is 15.0 Å². The van der Waals surface area contributed by atoms with Gasteiger partial charge in [0.25, 0.3) is 5.91 Å². The molecule has 1 heterocycles. The molecule has 0 aliphatic carbocycles. The van der Waals surface area contributed by atoms with Gasteiger partial charge < -0.3 is 15.0 Å². The Morgan fingerprint density at radius 1 is 1.15 bits per heavy atom. The average Bonchev–Trinajstić information content (AvgIpc) is 2.71. The summed E-state index contributed by atoms with van der Waals surface area (Å²) in [5, 5.41) is 3.57. The Bertz CT molecular complexity index is 742. The molecule has 2 aromatic rings. The summed E-state index contributed by atoms with van der Waals surface area (Å²) in [4.78, 5) is 14.9. The Balaban J connectivity index is 1.52. The van der Waals surface area contributed by atoms with Crippen molar-refractivity contribution in [3.63, 3.8) is 0 Å². The molecule has 0 radical (unpaired) electrons. The van der Waals surface area contributed by atoms with Gasteiger partial charge in [-0.1, -0.05) is 36.7 Å². The van der Waals surface area contributed by atoms with Gasteiger partial charge in [0.15, 0.2) is 6.10 Å². The number of ether oxygens (including phenoxy) is 1. The quantitative estimate of drug-likeness (QED) is 0.742. The second-order valence-corrected chi connectivity index (χ2v) is 7.34. The highest BCUT2D eigenvalue weighted by Gasteiger charge is 2.18. The maximum atomic E-state index is 12.5. The normalized spacial score (nSPS) is 15.3. The molecule has 2 aromatic carbocycles. The van der Waals surface area contributed by atoms with E-state index in [9.17, 15) is 4.79 Å². The molecule has 0 aromatic heterocycles. The third-order valence-electron chi connectivity index (χ3n) is 4.86. The van der Waals surface area contributed by atoms with Gasteiger partial charge in [0.05, 0.1) is 0 Å². The molecule has 144 valence electrons. The summed E-state index contributed by atoms with van der Waals surface area (Å²) in [7, 11) is 0. The van der Waals surface area contributed by atoms with Crippen molar-refractivity contribution in [2.75, 3.05) is 18.0 Å². The zero-order valence-corrected chi connectivity index (χ0v) is 16.5. The average molecular weight is 387 g/mol. The maximum Gasteiger partial charge on any atom is 0.261 e. The maximum absolute atomic E-state index is 12.5. The minimum atomic E-state index is -0.531. The van der Waals surface area contributed by atoms with Crippen molar-refractivity contribution in [3.8, 4) is 5.75 Å². The van der Waals surface area contributed by atoms with Crippen LogP contribution in [0.2, 0.25) is 5.02 Å². The van der Waals surface area contributed by atoms with Crippen molar-refractivity contribution in [3.05, 3.63) is 59.1 Å². The molecule has 1 atom stereocenters. The van der Waals surface area contributed by atoms with E-state index >= 15 is 0 Å². The number of nitrogens with zero attached hydrogens (tertiary/aromatic N) is 1. The van der Waals surface area contributed by atoms with Crippen molar-refractivity contribution in [2.45, 2.75) is 45.3 Å². The van der Waals surface area contributed by atoms with E-state index < -0.39 is 6.10 Å². The highest BCUT2D eigenvalue weighted by Crippen LogP contribution is 2.21. The van der Waals surface area contributed by atoms with E-state index in [2.05, 4.69) is 34.5 Å². The van der Waals surface area contributed by atoms with Gasteiger partial charge in [-0.15, -0.1) is 0 Å². The van der Waals surface area contributed by atoms with Gasteiger partial charge in [-0.05, 0) is 61.6 Å². The molecule has 1 aliphatic rings. The van der Waals surface area contributed by atoms with Gasteiger partial charge in [-0.3, -0.25) is 4.79 Å². The Morgan fingerprint density at radius 2 is 1.89 bits per heavy atom. The van der Waals surface area contributed by atoms with E-state index in [1.807, 2.05) is 13.0 Å². The second-order valence-electron chi connectivity index (χ2n) is 6.90. The summed E-state index contributed by atoms with van der Waals surface area (Å²) in [5.41, 5.74) is 2.35. The summed E-state index contributed by atoms with van der Waals surface area (Å²) < 4.78 is 5.79. The highest BCUT2D eigenvalue weighted by atomic mass is 35.5. The largest absolute Gasteiger partial charge is 0.481 e. The summed E-state index contributed by atoms with van der Waals surface area (Å²) >= 11 is 5.98. The van der Waals surface area contributed by atoms with Crippen LogP contribution in [0.3, 0.4) is 0 Å². The van der Waals surface area contributed by atoms with Crippen LogP contribution >= 0.6 is 11.6 Å². The first kappa shape index (κ1) is 19.6. The van der Waals surface area contributed by atoms with Crippen molar-refractivity contribution >= 4 is 23.2 Å². The monoisotopic (exact) mass is 386 g/mol. The minimum absolute atomic E-state index is 0.113. The molecule has 27 heavy (non-hydrogen) atoms. The van der Waals surface area contributed by atoms with Gasteiger partial charge in [0.1, 0.15) is 5.75 Å². The molecule has 3 rings (SSSR count). The number of nitrogens with one attached hydrogen (secondary N) is 1. The molecular formula is C22H27ClN2O2. The zero-order valence-electron chi connectivity index (χ0n) is 15.8. The lowest BCUT2D eigenvalue weighted by Crippen LogP contribution is -2.37. The number of carbonyl (C=O) groups excluding carboxylic acids is 1. The molecule has 0 bridgehead atoms. The number of amides is 1. The lowest BCUT2D eigenvalue weighted by molar-refractivity contribution is -0.128. The Kier molecular flexibility index (Phi) is 6.99. The first-order chi connectivity index (χ1) is 13.2. The van der Waals surface area contributed by atoms with Crippen molar-refractivity contribution in [2.24, 2.45) is 0 Å². The molecule has 1 N–H and O–H groups in total. The predicted octanol–water partition coefficient (Wildman–Crippen LogP) is 4.80. The number of anilines is 1. The molecule has 1 aliphatic heterocycles. The molecule has 0 saturated carbocycles. The van der Waals surface area contributed by atoms with Gasteiger partial charge in [0.2, 0.25) is 0 Å². The van der Waals surface area contributed by atoms with Crippen molar-refractivity contribution in [1.29, 1.82) is 0 Å². The van der Waals surface area contributed by atoms with Gasteiger partial charge in [-0.2, -0.15) is 0 Å². The summed E-state index contributed by atoms with van der Waals surface area (Å²) in [6.07, 6.45) is 3.92. The SMILES string of the molecule is CC[C@@H](Oc1cccc(Cl)c1)C(=O)NCc1ccc(N2CCCCC2)cc1. The van der Waals surface area contributed by atoms with Crippen molar-refractivity contribution in [1.82, 2.24) is 5.32 Å². The van der Waals surface area contributed by atoms with E-state index in [1.165, 1.54) is 24.9 Å². The topological polar surface area (TPSA) is 41.6 Å². The molecule has 4 nitrogen and oxygen atoms in total. The number of carbonyl (C=O) groups is 1. The van der Waals surface area contributed by atoms with Gasteiger partial charge >= 0.3 is 0 Å². The van der Waals surface area contributed by atoms with E-state index in [-0.39, 0.29) is 5.91 Å². The standard InChI is InChI=1S/C22H27ClN2O2/c1-2-21(27-20-8-6-7-18(23)15-20)22(26)24-16-17-9-11-19(12-10-17)25-13-4-3-5-14-25/h6-12,15,21H,2-5,13-14,16H2,1H3,(H,24,26)/t21-/m1/s1. The highest BCUT2D eigenvalue weighted by molar-refractivity contribution is 6.30. The van der Waals surface area contributed by atoms with E-state index in [4.69, 9.17) is 16.3 Å². The van der Waals surface area contributed by atoms with Crippen LogP contribution in [0.4, 0.5) is 5.69 Å². The summed E-state index contributed by atoms with van der Waals surface area (Å²) in [6.45, 7) is 4.70. The smallest absolute Gasteiger partial charge is 0.261 e. The number of hydrogen-bond acceptors (Lipinski definition) is 3. The molecule has 0 spiro atoms. The number of piperidine rings is 1. The number of halogens is 1. The lowest BCUT2D eigenvalue weighted by Gasteiger charge is -2.28. The second kappa shape index (κ2) is 9.65. The van der Waals surface area contributed by atoms with Crippen LogP contribution in [-0.2, 0) is 11.3 Å². The number of rotatable bonds is 7. The fraction of sp³-hybridized carbons (Fsp3) is 0.409. The third kappa shape index (κ3) is 5.64. The first-order valence-corrected chi connectivity index (χ1v) is 10.1. The first-order valence-electron chi connectivity index (χ1n) is 9.69. The minimum Gasteiger partial charge on any atom is -0.481 e. The van der Waals surface area contributed by atoms with Crippen LogP contribution in [0.15, 0.2) is 48.5 Å². The Labute approximate surface area is 166 Å². The summed E-state index contributed by atoms with van der Waals surface area (Å²) in [5.74, 6) is 0.493. The van der Waals surface area contributed by atoms with Crippen LogP contribution in [-0.4, -0.2) is 25.1 Å². The van der Waals surface area contributed by atoms with E-state index in [0.717, 1.165) is 18.7 Å². The summed E-state index contributed by atoms with van der Waals surface area (Å²) in [6, 6.07) is 15.6. The Hall–Kier alpha value is -2.20. The molecule has 1 fully saturated rings. The van der Waals surface area contributed by atoms with Crippen molar-refractivity contribution < 1.29 is 9.53 Å². The van der Waals surface area contributed by atoms with E-state index in [1.54, 1.807) is 18.2 Å². The zero-order chi connectivity index (χ0) is 19.1. The van der Waals surface area contributed by atoms with Crippen LogP contribution in [0.5, 0.6) is 5.75 Å². The number of benzene rings is 2.